The van der Waals surface area contributed by atoms with Gasteiger partial charge < -0.3 is 0 Å². The van der Waals surface area contributed by atoms with Crippen molar-refractivity contribution in [1.82, 2.24) is 5.43 Å². The van der Waals surface area contributed by atoms with Crippen molar-refractivity contribution in [2.75, 3.05) is 11.5 Å². The number of nitrogens with one attached hydrogen (secondary N) is 1. The topological polar surface area (TPSA) is 38.0 Å². The van der Waals surface area contributed by atoms with Gasteiger partial charge in [-0.1, -0.05) is 17.7 Å². The van der Waals surface area contributed by atoms with Crippen molar-refractivity contribution in [2.45, 2.75) is 31.7 Å². The van der Waals surface area contributed by atoms with E-state index < -0.39 is 0 Å². The molecule has 1 aromatic carbocycles. The Hall–Kier alpha value is -0.290. The van der Waals surface area contributed by atoms with Gasteiger partial charge in [0, 0.05) is 11.1 Å². The Bertz CT molecular complexity index is 410. The summed E-state index contributed by atoms with van der Waals surface area (Å²) in [6.07, 6.45) is 4.11. The van der Waals surface area contributed by atoms with Gasteiger partial charge in [0.1, 0.15) is 5.82 Å². The molecule has 0 amide bonds. The van der Waals surface area contributed by atoms with Gasteiger partial charge in [-0.2, -0.15) is 11.8 Å². The predicted molar refractivity (Wildman–Crippen MR) is 80.9 cm³/mol. The summed E-state index contributed by atoms with van der Waals surface area (Å²) in [5, 5.41) is 0.433. The summed E-state index contributed by atoms with van der Waals surface area (Å²) in [4.78, 5) is 0. The second-order valence-electron chi connectivity index (χ2n) is 5.09. The molecule has 1 unspecified atom stereocenters. The van der Waals surface area contributed by atoms with E-state index in [1.165, 1.54) is 30.4 Å². The highest BCUT2D eigenvalue weighted by Gasteiger charge is 2.19. The van der Waals surface area contributed by atoms with Crippen LogP contribution in [0.2, 0.25) is 5.02 Å². The van der Waals surface area contributed by atoms with Gasteiger partial charge in [-0.15, -0.1) is 0 Å². The quantitative estimate of drug-likeness (QED) is 0.647. The van der Waals surface area contributed by atoms with Gasteiger partial charge in [-0.05, 0) is 60.8 Å². The molecule has 1 atom stereocenters. The summed E-state index contributed by atoms with van der Waals surface area (Å²) in [6.45, 7) is 0. The fourth-order valence-electron chi connectivity index (χ4n) is 2.55. The third-order valence-electron chi connectivity index (χ3n) is 3.68. The third kappa shape index (κ3) is 4.63. The number of halogens is 2. The number of hydrogen-bond donors (Lipinski definition) is 2. The highest BCUT2D eigenvalue weighted by Crippen LogP contribution is 2.27. The summed E-state index contributed by atoms with van der Waals surface area (Å²) in [7, 11) is 0. The van der Waals surface area contributed by atoms with Crippen molar-refractivity contribution in [3.63, 3.8) is 0 Å². The summed E-state index contributed by atoms with van der Waals surface area (Å²) in [6, 6.07) is 4.97. The van der Waals surface area contributed by atoms with Crippen molar-refractivity contribution in [2.24, 2.45) is 11.8 Å². The molecule has 0 aliphatic carbocycles. The number of thioether (sulfide) groups is 1. The molecule has 1 aliphatic rings. The standard InChI is InChI=1S/C14H20ClFN2S/c15-12-2-1-11(14(16)9-12)8-13(18-17)7-10-3-5-19-6-4-10/h1-2,9-10,13,18H,3-8,17H2. The van der Waals surface area contributed by atoms with Crippen LogP contribution in [0.4, 0.5) is 4.39 Å². The van der Waals surface area contributed by atoms with Crippen LogP contribution < -0.4 is 11.3 Å². The van der Waals surface area contributed by atoms with Gasteiger partial charge in [0.05, 0.1) is 0 Å². The van der Waals surface area contributed by atoms with E-state index in [0.717, 1.165) is 6.42 Å². The van der Waals surface area contributed by atoms with Crippen molar-refractivity contribution in [1.29, 1.82) is 0 Å². The maximum Gasteiger partial charge on any atom is 0.127 e. The number of hydrazine groups is 1. The van der Waals surface area contributed by atoms with Crippen LogP contribution in [-0.4, -0.2) is 17.5 Å². The van der Waals surface area contributed by atoms with E-state index >= 15 is 0 Å². The van der Waals surface area contributed by atoms with E-state index in [-0.39, 0.29) is 11.9 Å². The van der Waals surface area contributed by atoms with Crippen LogP contribution in [-0.2, 0) is 6.42 Å². The first kappa shape index (κ1) is 15.1. The SMILES string of the molecule is NNC(Cc1ccc(Cl)cc1F)CC1CCSCC1. The zero-order valence-corrected chi connectivity index (χ0v) is 12.4. The predicted octanol–water partition coefficient (Wildman–Crippen LogP) is 3.39. The smallest absolute Gasteiger partial charge is 0.127 e. The molecule has 0 spiro atoms. The van der Waals surface area contributed by atoms with Gasteiger partial charge in [0.2, 0.25) is 0 Å². The monoisotopic (exact) mass is 302 g/mol. The van der Waals surface area contributed by atoms with Crippen molar-refractivity contribution < 1.29 is 4.39 Å². The Kier molecular flexibility index (Phi) is 5.95. The Morgan fingerprint density at radius 3 is 2.79 bits per heavy atom. The lowest BCUT2D eigenvalue weighted by Gasteiger charge is -2.26. The molecule has 106 valence electrons. The summed E-state index contributed by atoms with van der Waals surface area (Å²) in [5.74, 6) is 8.54. The molecule has 0 saturated carbocycles. The number of hydrogen-bond acceptors (Lipinski definition) is 3. The summed E-state index contributed by atoms with van der Waals surface area (Å²) >= 11 is 7.78. The van der Waals surface area contributed by atoms with Crippen LogP contribution in [0.3, 0.4) is 0 Å². The average molecular weight is 303 g/mol. The molecule has 2 nitrogen and oxygen atoms in total. The Balaban J connectivity index is 1.94. The van der Waals surface area contributed by atoms with E-state index in [9.17, 15) is 4.39 Å². The van der Waals surface area contributed by atoms with Crippen LogP contribution in [0, 0.1) is 11.7 Å². The molecule has 1 heterocycles. The van der Waals surface area contributed by atoms with Crippen LogP contribution in [0.25, 0.3) is 0 Å². The highest BCUT2D eigenvalue weighted by molar-refractivity contribution is 7.99. The fraction of sp³-hybridized carbons (Fsp3) is 0.571. The molecule has 2 rings (SSSR count). The van der Waals surface area contributed by atoms with Crippen molar-refractivity contribution >= 4 is 23.4 Å². The maximum absolute atomic E-state index is 13.8. The maximum atomic E-state index is 13.8. The molecule has 19 heavy (non-hydrogen) atoms. The lowest BCUT2D eigenvalue weighted by Crippen LogP contribution is -2.39. The molecular weight excluding hydrogens is 283 g/mol. The summed E-state index contributed by atoms with van der Waals surface area (Å²) < 4.78 is 13.8. The van der Waals surface area contributed by atoms with Crippen LogP contribution in [0.15, 0.2) is 18.2 Å². The first-order chi connectivity index (χ1) is 9.19. The molecule has 0 aromatic heterocycles. The van der Waals surface area contributed by atoms with Crippen molar-refractivity contribution in [3.8, 4) is 0 Å². The third-order valence-corrected chi connectivity index (χ3v) is 4.96. The molecule has 1 fully saturated rings. The van der Waals surface area contributed by atoms with Crippen LogP contribution in [0.5, 0.6) is 0 Å². The Morgan fingerprint density at radius 2 is 2.16 bits per heavy atom. The first-order valence-corrected chi connectivity index (χ1v) is 8.20. The molecule has 1 aromatic rings. The minimum absolute atomic E-state index is 0.128. The first-order valence-electron chi connectivity index (χ1n) is 6.67. The highest BCUT2D eigenvalue weighted by atomic mass is 35.5. The molecule has 3 N–H and O–H groups in total. The molecule has 1 aliphatic heterocycles. The van der Waals surface area contributed by atoms with Crippen LogP contribution >= 0.6 is 23.4 Å². The summed E-state index contributed by atoms with van der Waals surface area (Å²) in [5.41, 5.74) is 3.51. The van der Waals surface area contributed by atoms with Gasteiger partial charge in [0.15, 0.2) is 0 Å². The zero-order valence-electron chi connectivity index (χ0n) is 10.9. The minimum atomic E-state index is -0.244. The Labute approximate surface area is 123 Å². The number of nitrogens with two attached hydrogens (primary N) is 1. The molecule has 0 bridgehead atoms. The van der Waals surface area contributed by atoms with Crippen LogP contribution in [0.1, 0.15) is 24.8 Å². The minimum Gasteiger partial charge on any atom is -0.271 e. The van der Waals surface area contributed by atoms with Gasteiger partial charge in [0.25, 0.3) is 0 Å². The van der Waals surface area contributed by atoms with Gasteiger partial charge in [-0.3, -0.25) is 11.3 Å². The largest absolute Gasteiger partial charge is 0.271 e. The number of benzene rings is 1. The van der Waals surface area contributed by atoms with Gasteiger partial charge >= 0.3 is 0 Å². The molecule has 5 heteroatoms. The fourth-order valence-corrected chi connectivity index (χ4v) is 3.91. The van der Waals surface area contributed by atoms with E-state index in [1.807, 2.05) is 11.8 Å². The molecule has 0 radical (unpaired) electrons. The molecular formula is C14H20ClFN2S. The number of rotatable bonds is 5. The second-order valence-corrected chi connectivity index (χ2v) is 6.76. The normalized spacial score (nSPS) is 18.5. The van der Waals surface area contributed by atoms with Gasteiger partial charge in [-0.25, -0.2) is 4.39 Å². The second kappa shape index (κ2) is 7.48. The Morgan fingerprint density at radius 1 is 1.42 bits per heavy atom. The zero-order chi connectivity index (χ0) is 13.7. The van der Waals surface area contributed by atoms with Crippen molar-refractivity contribution in [3.05, 3.63) is 34.6 Å². The lowest BCUT2D eigenvalue weighted by atomic mass is 9.91. The average Bonchev–Trinajstić information content (AvgIpc) is 2.42. The van der Waals surface area contributed by atoms with E-state index in [1.54, 1.807) is 12.1 Å². The molecule has 1 saturated heterocycles. The van der Waals surface area contributed by atoms with E-state index in [0.29, 0.717) is 22.9 Å². The van der Waals surface area contributed by atoms with E-state index in [2.05, 4.69) is 5.43 Å². The lowest BCUT2D eigenvalue weighted by molar-refractivity contribution is 0.363. The van der Waals surface area contributed by atoms with E-state index in [4.69, 9.17) is 17.4 Å².